The van der Waals surface area contributed by atoms with E-state index in [1.807, 2.05) is 18.4 Å². The van der Waals surface area contributed by atoms with Crippen molar-refractivity contribution < 1.29 is 9.90 Å². The molecule has 16 heavy (non-hydrogen) atoms. The van der Waals surface area contributed by atoms with Gasteiger partial charge in [0.25, 0.3) is 0 Å². The first-order valence-electron chi connectivity index (χ1n) is 4.67. The zero-order valence-electron chi connectivity index (χ0n) is 8.60. The highest BCUT2D eigenvalue weighted by Gasteiger charge is 2.05. The van der Waals surface area contributed by atoms with E-state index in [1.54, 1.807) is 17.5 Å². The van der Waals surface area contributed by atoms with Crippen LogP contribution in [0, 0.1) is 6.92 Å². The molecular weight excluding hydrogens is 224 g/mol. The van der Waals surface area contributed by atoms with Gasteiger partial charge in [0.2, 0.25) is 0 Å². The van der Waals surface area contributed by atoms with Crippen molar-refractivity contribution in [2.24, 2.45) is 0 Å². The van der Waals surface area contributed by atoms with Crippen molar-refractivity contribution in [3.63, 3.8) is 0 Å². The van der Waals surface area contributed by atoms with Gasteiger partial charge in [-0.15, -0.1) is 11.3 Å². The topological polar surface area (TPSA) is 66.0 Å². The summed E-state index contributed by atoms with van der Waals surface area (Å²) in [6, 6.07) is 2.04. The number of aromatic nitrogens is 2. The molecule has 0 aliphatic heterocycles. The number of aliphatic carboxylic acids is 1. The monoisotopic (exact) mass is 234 g/mol. The first-order chi connectivity index (χ1) is 7.66. The van der Waals surface area contributed by atoms with Gasteiger partial charge in [0.15, 0.2) is 0 Å². The van der Waals surface area contributed by atoms with E-state index in [2.05, 4.69) is 9.97 Å². The number of imidazole rings is 1. The van der Waals surface area contributed by atoms with Crippen LogP contribution in [0.1, 0.15) is 11.4 Å². The SMILES string of the molecule is Cc1ccsc1-c1cnc(/C=C/C(=O)O)[nH]1. The van der Waals surface area contributed by atoms with Crippen molar-refractivity contribution in [3.8, 4) is 10.6 Å². The molecule has 0 saturated heterocycles. The maximum atomic E-state index is 10.3. The summed E-state index contributed by atoms with van der Waals surface area (Å²) < 4.78 is 0. The fourth-order valence-corrected chi connectivity index (χ4v) is 2.23. The second-order valence-electron chi connectivity index (χ2n) is 3.29. The number of carboxylic acids is 1. The number of hydrogen-bond donors (Lipinski definition) is 2. The van der Waals surface area contributed by atoms with Crippen molar-refractivity contribution in [1.29, 1.82) is 0 Å². The van der Waals surface area contributed by atoms with E-state index in [-0.39, 0.29) is 0 Å². The average molecular weight is 234 g/mol. The van der Waals surface area contributed by atoms with Crippen LogP contribution in [0.5, 0.6) is 0 Å². The first-order valence-corrected chi connectivity index (χ1v) is 5.55. The predicted molar refractivity (Wildman–Crippen MR) is 63.3 cm³/mol. The maximum Gasteiger partial charge on any atom is 0.328 e. The highest BCUT2D eigenvalue weighted by Crippen LogP contribution is 2.27. The van der Waals surface area contributed by atoms with Gasteiger partial charge < -0.3 is 10.1 Å². The molecule has 0 bridgehead atoms. The minimum absolute atomic E-state index is 0.546. The number of carbonyl (C=O) groups is 1. The van der Waals surface area contributed by atoms with Gasteiger partial charge in [0.05, 0.1) is 16.8 Å². The van der Waals surface area contributed by atoms with Gasteiger partial charge in [-0.25, -0.2) is 9.78 Å². The first kappa shape index (κ1) is 10.6. The van der Waals surface area contributed by atoms with E-state index in [0.29, 0.717) is 5.82 Å². The lowest BCUT2D eigenvalue weighted by molar-refractivity contribution is -0.131. The third kappa shape index (κ3) is 2.20. The molecule has 0 saturated carbocycles. The van der Waals surface area contributed by atoms with Gasteiger partial charge in [-0.05, 0) is 30.0 Å². The van der Waals surface area contributed by atoms with E-state index in [0.717, 1.165) is 16.6 Å². The minimum Gasteiger partial charge on any atom is -0.478 e. The van der Waals surface area contributed by atoms with E-state index in [9.17, 15) is 4.79 Å². The number of H-pyrrole nitrogens is 1. The quantitative estimate of drug-likeness (QED) is 0.802. The summed E-state index contributed by atoms with van der Waals surface area (Å²) in [5.41, 5.74) is 2.10. The van der Waals surface area contributed by atoms with Gasteiger partial charge in [0.1, 0.15) is 5.82 Å². The second kappa shape index (κ2) is 4.32. The summed E-state index contributed by atoms with van der Waals surface area (Å²) in [4.78, 5) is 18.6. The lowest BCUT2D eigenvalue weighted by Crippen LogP contribution is -1.86. The zero-order valence-corrected chi connectivity index (χ0v) is 9.41. The van der Waals surface area contributed by atoms with Crippen molar-refractivity contribution in [2.75, 3.05) is 0 Å². The maximum absolute atomic E-state index is 10.3. The van der Waals surface area contributed by atoms with Crippen LogP contribution in [0.25, 0.3) is 16.6 Å². The molecule has 2 aromatic rings. The Labute approximate surface area is 96.3 Å². The lowest BCUT2D eigenvalue weighted by atomic mass is 10.2. The molecular formula is C11H10N2O2S. The molecule has 0 aliphatic rings. The van der Waals surface area contributed by atoms with Crippen LogP contribution in [0.4, 0.5) is 0 Å². The molecule has 4 nitrogen and oxygen atoms in total. The summed E-state index contributed by atoms with van der Waals surface area (Å²) in [7, 11) is 0. The van der Waals surface area contributed by atoms with E-state index >= 15 is 0 Å². The Morgan fingerprint density at radius 2 is 2.44 bits per heavy atom. The number of aromatic amines is 1. The Hall–Kier alpha value is -1.88. The molecule has 82 valence electrons. The Kier molecular flexibility index (Phi) is 2.87. The van der Waals surface area contributed by atoms with Gasteiger partial charge >= 0.3 is 5.97 Å². The van der Waals surface area contributed by atoms with Crippen molar-refractivity contribution in [3.05, 3.63) is 35.1 Å². The fraction of sp³-hybridized carbons (Fsp3) is 0.0909. The molecule has 2 aromatic heterocycles. The third-order valence-electron chi connectivity index (χ3n) is 2.09. The van der Waals surface area contributed by atoms with Crippen LogP contribution in [-0.4, -0.2) is 21.0 Å². The van der Waals surface area contributed by atoms with Crippen molar-refractivity contribution in [2.45, 2.75) is 6.92 Å². The molecule has 0 spiro atoms. The fourth-order valence-electron chi connectivity index (χ4n) is 1.34. The zero-order chi connectivity index (χ0) is 11.5. The molecule has 2 heterocycles. The number of hydrogen-bond acceptors (Lipinski definition) is 3. The highest BCUT2D eigenvalue weighted by atomic mass is 32.1. The van der Waals surface area contributed by atoms with Crippen LogP contribution >= 0.6 is 11.3 Å². The minimum atomic E-state index is -0.981. The second-order valence-corrected chi connectivity index (χ2v) is 4.20. The lowest BCUT2D eigenvalue weighted by Gasteiger charge is -1.93. The molecule has 0 fully saturated rings. The molecule has 5 heteroatoms. The number of aryl methyl sites for hydroxylation is 1. The molecule has 0 atom stereocenters. The molecule has 0 unspecified atom stereocenters. The summed E-state index contributed by atoms with van der Waals surface area (Å²) >= 11 is 1.63. The molecule has 2 rings (SSSR count). The predicted octanol–water partition coefficient (Wildman–Crippen LogP) is 2.54. The average Bonchev–Trinajstić information content (AvgIpc) is 2.83. The van der Waals surface area contributed by atoms with Gasteiger partial charge in [0, 0.05) is 6.08 Å². The standard InChI is InChI=1S/C11H10N2O2S/c1-7-4-5-16-11(7)8-6-12-9(13-8)2-3-10(14)15/h2-6H,1H3,(H,12,13)(H,14,15)/b3-2+. The number of nitrogens with zero attached hydrogens (tertiary/aromatic N) is 1. The Balaban J connectivity index is 2.27. The van der Waals surface area contributed by atoms with Gasteiger partial charge in [-0.2, -0.15) is 0 Å². The molecule has 0 amide bonds. The largest absolute Gasteiger partial charge is 0.478 e. The van der Waals surface area contributed by atoms with Crippen molar-refractivity contribution >= 4 is 23.4 Å². The smallest absolute Gasteiger partial charge is 0.328 e. The number of carboxylic acid groups (broad SMARTS) is 1. The number of nitrogens with one attached hydrogen (secondary N) is 1. The Morgan fingerprint density at radius 3 is 3.06 bits per heavy atom. The summed E-state index contributed by atoms with van der Waals surface area (Å²) in [6.45, 7) is 2.03. The third-order valence-corrected chi connectivity index (χ3v) is 3.14. The van der Waals surface area contributed by atoms with Crippen LogP contribution in [0.15, 0.2) is 23.7 Å². The summed E-state index contributed by atoms with van der Waals surface area (Å²) in [5, 5.41) is 10.5. The summed E-state index contributed by atoms with van der Waals surface area (Å²) in [6.07, 6.45) is 4.21. The van der Waals surface area contributed by atoms with Crippen molar-refractivity contribution in [1.82, 2.24) is 9.97 Å². The van der Waals surface area contributed by atoms with Crippen LogP contribution < -0.4 is 0 Å². The highest BCUT2D eigenvalue weighted by molar-refractivity contribution is 7.13. The number of thiophene rings is 1. The molecule has 0 aliphatic carbocycles. The Morgan fingerprint density at radius 1 is 1.62 bits per heavy atom. The van der Waals surface area contributed by atoms with Gasteiger partial charge in [-0.1, -0.05) is 0 Å². The Bertz CT molecular complexity index is 540. The van der Waals surface area contributed by atoms with E-state index in [4.69, 9.17) is 5.11 Å². The molecule has 0 aromatic carbocycles. The van der Waals surface area contributed by atoms with E-state index < -0.39 is 5.97 Å². The molecule has 2 N–H and O–H groups in total. The van der Waals surface area contributed by atoms with Crippen LogP contribution in [0.3, 0.4) is 0 Å². The van der Waals surface area contributed by atoms with Gasteiger partial charge in [-0.3, -0.25) is 0 Å². The van der Waals surface area contributed by atoms with Crippen LogP contribution in [0.2, 0.25) is 0 Å². The number of rotatable bonds is 3. The summed E-state index contributed by atoms with van der Waals surface area (Å²) in [5.74, 6) is -0.435. The molecule has 0 radical (unpaired) electrons. The van der Waals surface area contributed by atoms with E-state index in [1.165, 1.54) is 11.6 Å². The van der Waals surface area contributed by atoms with Crippen LogP contribution in [-0.2, 0) is 4.79 Å². The normalized spacial score (nSPS) is 11.1.